The molecular formula is C10H10N6O2. The van der Waals surface area contributed by atoms with Gasteiger partial charge in [0.1, 0.15) is 5.82 Å². The average molecular weight is 246 g/mol. The summed E-state index contributed by atoms with van der Waals surface area (Å²) in [7, 11) is 1.70. The highest BCUT2D eigenvalue weighted by molar-refractivity contribution is 6.02. The quantitative estimate of drug-likeness (QED) is 0.694. The molecule has 0 atom stereocenters. The monoisotopic (exact) mass is 246 g/mol. The van der Waals surface area contributed by atoms with Crippen molar-refractivity contribution in [2.45, 2.75) is 0 Å². The van der Waals surface area contributed by atoms with Crippen LogP contribution in [0.1, 0.15) is 10.5 Å². The molecule has 0 spiro atoms. The second kappa shape index (κ2) is 5.04. The normalized spacial score (nSPS) is 9.83. The number of anilines is 2. The van der Waals surface area contributed by atoms with Crippen LogP contribution < -0.4 is 16.2 Å². The Morgan fingerprint density at radius 3 is 2.50 bits per heavy atom. The van der Waals surface area contributed by atoms with E-state index in [2.05, 4.69) is 31.0 Å². The maximum absolute atomic E-state index is 11.7. The summed E-state index contributed by atoms with van der Waals surface area (Å²) in [6.07, 6.45) is 0. The lowest BCUT2D eigenvalue weighted by Gasteiger charge is -2.03. The lowest BCUT2D eigenvalue weighted by Crippen LogP contribution is -2.17. The first kappa shape index (κ1) is 11.7. The average Bonchev–Trinajstić information content (AvgIpc) is 2.41. The van der Waals surface area contributed by atoms with E-state index in [1.54, 1.807) is 13.1 Å². The lowest BCUT2D eigenvalue weighted by molar-refractivity contribution is 0.102. The van der Waals surface area contributed by atoms with Gasteiger partial charge in [0.2, 0.25) is 0 Å². The van der Waals surface area contributed by atoms with Crippen molar-refractivity contribution in [1.82, 2.24) is 20.4 Å². The highest BCUT2D eigenvalue weighted by atomic mass is 16.2. The minimum Gasteiger partial charge on any atom is -0.372 e. The van der Waals surface area contributed by atoms with E-state index in [0.29, 0.717) is 5.82 Å². The second-order valence-electron chi connectivity index (χ2n) is 3.31. The minimum absolute atomic E-state index is 0.155. The number of rotatable bonds is 3. The third kappa shape index (κ3) is 2.67. The Morgan fingerprint density at radius 2 is 1.94 bits per heavy atom. The molecule has 0 bridgehead atoms. The van der Waals surface area contributed by atoms with Gasteiger partial charge in [0, 0.05) is 13.1 Å². The number of nitrogens with one attached hydrogen (secondary N) is 3. The van der Waals surface area contributed by atoms with Gasteiger partial charge < -0.3 is 10.6 Å². The fraction of sp³-hybridized carbons (Fsp3) is 0.100. The van der Waals surface area contributed by atoms with Gasteiger partial charge in [0.25, 0.3) is 11.5 Å². The molecule has 0 fully saturated rings. The number of hydrogen-bond acceptors (Lipinski definition) is 6. The maximum Gasteiger partial charge on any atom is 0.277 e. The van der Waals surface area contributed by atoms with Gasteiger partial charge in [0.15, 0.2) is 11.5 Å². The summed E-state index contributed by atoms with van der Waals surface area (Å²) < 4.78 is 0. The van der Waals surface area contributed by atoms with E-state index in [1.165, 1.54) is 18.2 Å². The predicted molar refractivity (Wildman–Crippen MR) is 64.4 cm³/mol. The molecule has 2 rings (SSSR count). The molecule has 0 radical (unpaired) electrons. The van der Waals surface area contributed by atoms with Gasteiger partial charge in [-0.3, -0.25) is 9.59 Å². The van der Waals surface area contributed by atoms with Crippen LogP contribution in [0.5, 0.6) is 0 Å². The first-order valence-corrected chi connectivity index (χ1v) is 5.07. The summed E-state index contributed by atoms with van der Waals surface area (Å²) in [5.41, 5.74) is -0.187. The van der Waals surface area contributed by atoms with Crippen molar-refractivity contribution in [3.05, 3.63) is 40.3 Å². The van der Waals surface area contributed by atoms with Crippen molar-refractivity contribution in [1.29, 1.82) is 0 Å². The number of aromatic nitrogens is 4. The molecule has 3 N–H and O–H groups in total. The Labute approximate surface area is 101 Å². The van der Waals surface area contributed by atoms with Gasteiger partial charge in [-0.05, 0) is 18.2 Å². The van der Waals surface area contributed by atoms with Crippen molar-refractivity contribution in [3.8, 4) is 0 Å². The van der Waals surface area contributed by atoms with Gasteiger partial charge in [-0.1, -0.05) is 0 Å². The van der Waals surface area contributed by atoms with Crippen LogP contribution in [-0.2, 0) is 0 Å². The fourth-order valence-corrected chi connectivity index (χ4v) is 1.18. The first-order valence-electron chi connectivity index (χ1n) is 5.07. The van der Waals surface area contributed by atoms with Crippen molar-refractivity contribution < 1.29 is 4.79 Å². The van der Waals surface area contributed by atoms with Crippen LogP contribution >= 0.6 is 0 Å². The first-order chi connectivity index (χ1) is 8.69. The number of nitrogens with zero attached hydrogens (tertiary/aromatic N) is 3. The van der Waals surface area contributed by atoms with Crippen molar-refractivity contribution in [3.63, 3.8) is 0 Å². The van der Waals surface area contributed by atoms with Crippen LogP contribution in [0, 0.1) is 0 Å². The number of amides is 1. The molecule has 0 aromatic carbocycles. The Bertz CT molecular complexity index is 586. The molecule has 2 aromatic rings. The molecule has 0 aliphatic heterocycles. The molecule has 0 saturated carbocycles. The standard InChI is InChI=1S/C10H10N6O2/c1-11-7-3-2-6(13-14-7)10(18)12-8-4-5-9(17)16-15-8/h2-5H,1H3,(H,11,14)(H,16,17)(H,12,15,18). The van der Waals surface area contributed by atoms with Crippen LogP contribution in [0.15, 0.2) is 29.1 Å². The second-order valence-corrected chi connectivity index (χ2v) is 3.31. The molecular weight excluding hydrogens is 236 g/mol. The SMILES string of the molecule is CNc1ccc(C(=O)Nc2ccc(=O)[nH]n2)nn1. The van der Waals surface area contributed by atoms with Crippen molar-refractivity contribution in [2.24, 2.45) is 0 Å². The third-order valence-electron chi connectivity index (χ3n) is 2.07. The maximum atomic E-state index is 11.7. The van der Waals surface area contributed by atoms with Crippen LogP contribution in [-0.4, -0.2) is 33.3 Å². The van der Waals surface area contributed by atoms with Crippen LogP contribution in [0.2, 0.25) is 0 Å². The zero-order valence-corrected chi connectivity index (χ0v) is 9.47. The molecule has 2 heterocycles. The van der Waals surface area contributed by atoms with Gasteiger partial charge in [-0.2, -0.15) is 5.10 Å². The van der Waals surface area contributed by atoms with E-state index in [1.807, 2.05) is 0 Å². The largest absolute Gasteiger partial charge is 0.372 e. The Hall–Kier alpha value is -2.77. The van der Waals surface area contributed by atoms with E-state index >= 15 is 0 Å². The highest BCUT2D eigenvalue weighted by Crippen LogP contribution is 2.03. The fourth-order valence-electron chi connectivity index (χ4n) is 1.18. The number of carbonyl (C=O) groups is 1. The summed E-state index contributed by atoms with van der Waals surface area (Å²) in [6, 6.07) is 5.81. The molecule has 18 heavy (non-hydrogen) atoms. The Balaban J connectivity index is 2.11. The summed E-state index contributed by atoms with van der Waals surface area (Å²) >= 11 is 0. The number of hydrogen-bond donors (Lipinski definition) is 3. The van der Waals surface area contributed by atoms with Crippen LogP contribution in [0.3, 0.4) is 0 Å². The van der Waals surface area contributed by atoms with Crippen LogP contribution in [0.4, 0.5) is 11.6 Å². The van der Waals surface area contributed by atoms with Gasteiger partial charge in [-0.15, -0.1) is 10.2 Å². The van der Waals surface area contributed by atoms with E-state index in [4.69, 9.17) is 0 Å². The van der Waals surface area contributed by atoms with Gasteiger partial charge in [0.05, 0.1) is 0 Å². The summed E-state index contributed by atoms with van der Waals surface area (Å²) in [6.45, 7) is 0. The Morgan fingerprint density at radius 1 is 1.17 bits per heavy atom. The summed E-state index contributed by atoms with van der Waals surface area (Å²) in [4.78, 5) is 22.5. The molecule has 1 amide bonds. The van der Waals surface area contributed by atoms with Gasteiger partial charge in [-0.25, -0.2) is 5.10 Å². The lowest BCUT2D eigenvalue weighted by atomic mass is 10.3. The molecule has 8 heteroatoms. The zero-order chi connectivity index (χ0) is 13.0. The van der Waals surface area contributed by atoms with E-state index in [-0.39, 0.29) is 17.1 Å². The number of carbonyl (C=O) groups excluding carboxylic acids is 1. The Kier molecular flexibility index (Phi) is 3.28. The zero-order valence-electron chi connectivity index (χ0n) is 9.47. The van der Waals surface area contributed by atoms with E-state index in [0.717, 1.165) is 0 Å². The number of aromatic amines is 1. The molecule has 8 nitrogen and oxygen atoms in total. The molecule has 0 unspecified atom stereocenters. The van der Waals surface area contributed by atoms with E-state index < -0.39 is 5.91 Å². The van der Waals surface area contributed by atoms with Crippen molar-refractivity contribution in [2.75, 3.05) is 17.7 Å². The van der Waals surface area contributed by atoms with E-state index in [9.17, 15) is 9.59 Å². The molecule has 2 aromatic heterocycles. The minimum atomic E-state index is -0.454. The van der Waals surface area contributed by atoms with Gasteiger partial charge >= 0.3 is 0 Å². The third-order valence-corrected chi connectivity index (χ3v) is 2.07. The predicted octanol–water partition coefficient (Wildman–Crippen LogP) is -0.146. The van der Waals surface area contributed by atoms with Crippen molar-refractivity contribution >= 4 is 17.5 Å². The highest BCUT2D eigenvalue weighted by Gasteiger charge is 2.09. The molecule has 0 saturated heterocycles. The topological polar surface area (TPSA) is 113 Å². The number of H-pyrrole nitrogens is 1. The molecule has 92 valence electrons. The smallest absolute Gasteiger partial charge is 0.277 e. The molecule has 0 aliphatic carbocycles. The summed E-state index contributed by atoms with van der Waals surface area (Å²) in [5, 5.41) is 18.6. The van der Waals surface area contributed by atoms with Crippen LogP contribution in [0.25, 0.3) is 0 Å². The summed E-state index contributed by atoms with van der Waals surface area (Å²) in [5.74, 6) is 0.345. The molecule has 0 aliphatic rings.